The highest BCUT2D eigenvalue weighted by Gasteiger charge is 2.27. The number of carbonyl (C=O) groups is 1. The van der Waals surface area contributed by atoms with Gasteiger partial charge in [-0.25, -0.2) is 0 Å². The van der Waals surface area contributed by atoms with Crippen molar-refractivity contribution in [2.45, 2.75) is 25.8 Å². The summed E-state index contributed by atoms with van der Waals surface area (Å²) in [5.74, 6) is 1.65. The second kappa shape index (κ2) is 6.61. The van der Waals surface area contributed by atoms with Crippen molar-refractivity contribution in [3.63, 3.8) is 0 Å². The summed E-state index contributed by atoms with van der Waals surface area (Å²) in [6.45, 7) is 2.99. The van der Waals surface area contributed by atoms with Crippen molar-refractivity contribution in [1.29, 1.82) is 0 Å². The Hall–Kier alpha value is -1.75. The topological polar surface area (TPSA) is 59.6 Å². The molecule has 0 saturated carbocycles. The maximum Gasteiger partial charge on any atom is 0.241 e. The van der Waals surface area contributed by atoms with Crippen LogP contribution in [0.3, 0.4) is 0 Å². The van der Waals surface area contributed by atoms with E-state index in [9.17, 15) is 4.79 Å². The molecule has 1 aliphatic rings. The van der Waals surface area contributed by atoms with Crippen LogP contribution in [0.2, 0.25) is 0 Å². The molecule has 110 valence electrons. The number of anilines is 1. The smallest absolute Gasteiger partial charge is 0.241 e. The Labute approximate surface area is 119 Å². The van der Waals surface area contributed by atoms with E-state index in [0.717, 1.165) is 19.4 Å². The molecule has 0 spiro atoms. The summed E-state index contributed by atoms with van der Waals surface area (Å²) in [5.41, 5.74) is 0.686. The standard InChI is InChI=1S/C15H22N2O3/c1-10-5-4-6-16-14(10)15(18)17-11-7-12(19-2)9-13(8-11)20-3/h7-10,14,16H,4-6H2,1-3H3,(H,17,18). The molecule has 1 fully saturated rings. The van der Waals surface area contributed by atoms with Gasteiger partial charge >= 0.3 is 0 Å². The zero-order chi connectivity index (χ0) is 14.5. The fourth-order valence-electron chi connectivity index (χ4n) is 2.50. The molecule has 2 atom stereocenters. The molecule has 2 unspecified atom stereocenters. The molecule has 20 heavy (non-hydrogen) atoms. The summed E-state index contributed by atoms with van der Waals surface area (Å²) in [5, 5.41) is 6.20. The van der Waals surface area contributed by atoms with Gasteiger partial charge in [0.15, 0.2) is 0 Å². The molecule has 1 saturated heterocycles. The van der Waals surface area contributed by atoms with Crippen LogP contribution < -0.4 is 20.1 Å². The minimum Gasteiger partial charge on any atom is -0.497 e. The monoisotopic (exact) mass is 278 g/mol. The molecule has 2 N–H and O–H groups in total. The van der Waals surface area contributed by atoms with Gasteiger partial charge in [0.25, 0.3) is 0 Å². The lowest BCUT2D eigenvalue weighted by Crippen LogP contribution is -2.48. The minimum absolute atomic E-state index is 0.00694. The molecule has 0 radical (unpaired) electrons. The lowest BCUT2D eigenvalue weighted by Gasteiger charge is -2.29. The van der Waals surface area contributed by atoms with Crippen molar-refractivity contribution < 1.29 is 14.3 Å². The Morgan fingerprint density at radius 3 is 2.45 bits per heavy atom. The quantitative estimate of drug-likeness (QED) is 0.884. The van der Waals surface area contributed by atoms with Crippen molar-refractivity contribution in [3.05, 3.63) is 18.2 Å². The van der Waals surface area contributed by atoms with Crippen LogP contribution in [0.15, 0.2) is 18.2 Å². The number of rotatable bonds is 4. The summed E-state index contributed by atoms with van der Waals surface area (Å²) in [4.78, 5) is 12.3. The van der Waals surface area contributed by atoms with Crippen LogP contribution in [-0.4, -0.2) is 32.7 Å². The molecule has 0 aromatic heterocycles. The van der Waals surface area contributed by atoms with Gasteiger partial charge in [0.05, 0.1) is 20.3 Å². The number of ether oxygens (including phenoxy) is 2. The van der Waals surface area contributed by atoms with Crippen LogP contribution in [-0.2, 0) is 4.79 Å². The van der Waals surface area contributed by atoms with Crippen LogP contribution in [0.5, 0.6) is 11.5 Å². The molecule has 1 heterocycles. The lowest BCUT2D eigenvalue weighted by molar-refractivity contribution is -0.119. The molecular weight excluding hydrogens is 256 g/mol. The van der Waals surface area contributed by atoms with Crippen molar-refractivity contribution in [2.75, 3.05) is 26.1 Å². The van der Waals surface area contributed by atoms with E-state index in [1.54, 1.807) is 32.4 Å². The predicted octanol–water partition coefficient (Wildman–Crippen LogP) is 2.03. The molecule has 1 aliphatic heterocycles. The Morgan fingerprint density at radius 1 is 1.25 bits per heavy atom. The van der Waals surface area contributed by atoms with Crippen LogP contribution in [0.4, 0.5) is 5.69 Å². The number of amides is 1. The molecule has 1 aromatic carbocycles. The van der Waals surface area contributed by atoms with Gasteiger partial charge in [-0.2, -0.15) is 0 Å². The van der Waals surface area contributed by atoms with Crippen LogP contribution in [0, 0.1) is 5.92 Å². The number of carbonyl (C=O) groups excluding carboxylic acids is 1. The molecule has 0 aliphatic carbocycles. The van der Waals surface area contributed by atoms with E-state index in [1.165, 1.54) is 0 Å². The Kier molecular flexibility index (Phi) is 4.84. The van der Waals surface area contributed by atoms with Gasteiger partial charge in [-0.15, -0.1) is 0 Å². The van der Waals surface area contributed by atoms with Gasteiger partial charge in [-0.1, -0.05) is 6.92 Å². The van der Waals surface area contributed by atoms with E-state index in [2.05, 4.69) is 17.6 Å². The summed E-state index contributed by atoms with van der Waals surface area (Å²) >= 11 is 0. The van der Waals surface area contributed by atoms with Crippen molar-refractivity contribution in [3.8, 4) is 11.5 Å². The fraction of sp³-hybridized carbons (Fsp3) is 0.533. The van der Waals surface area contributed by atoms with Crippen molar-refractivity contribution in [2.24, 2.45) is 5.92 Å². The number of nitrogens with one attached hydrogen (secondary N) is 2. The average molecular weight is 278 g/mol. The van der Waals surface area contributed by atoms with E-state index >= 15 is 0 Å². The van der Waals surface area contributed by atoms with Crippen molar-refractivity contribution >= 4 is 11.6 Å². The van der Waals surface area contributed by atoms with E-state index in [0.29, 0.717) is 23.1 Å². The van der Waals surface area contributed by atoms with E-state index in [-0.39, 0.29) is 11.9 Å². The van der Waals surface area contributed by atoms with E-state index < -0.39 is 0 Å². The number of benzene rings is 1. The van der Waals surface area contributed by atoms with Crippen molar-refractivity contribution in [1.82, 2.24) is 5.32 Å². The summed E-state index contributed by atoms with van der Waals surface area (Å²) in [6, 6.07) is 5.21. The maximum absolute atomic E-state index is 12.3. The summed E-state index contributed by atoms with van der Waals surface area (Å²) in [6.07, 6.45) is 2.20. The highest BCUT2D eigenvalue weighted by Crippen LogP contribution is 2.26. The zero-order valence-corrected chi connectivity index (χ0v) is 12.2. The first-order chi connectivity index (χ1) is 9.63. The highest BCUT2D eigenvalue weighted by atomic mass is 16.5. The highest BCUT2D eigenvalue weighted by molar-refractivity contribution is 5.95. The van der Waals surface area contributed by atoms with Gasteiger partial charge in [0.2, 0.25) is 5.91 Å². The molecule has 0 bridgehead atoms. The Bertz CT molecular complexity index is 454. The molecule has 2 rings (SSSR count). The minimum atomic E-state index is -0.138. The van der Waals surface area contributed by atoms with Gasteiger partial charge in [-0.3, -0.25) is 4.79 Å². The van der Waals surface area contributed by atoms with E-state index in [4.69, 9.17) is 9.47 Å². The summed E-state index contributed by atoms with van der Waals surface area (Å²) in [7, 11) is 3.18. The SMILES string of the molecule is COc1cc(NC(=O)C2NCCCC2C)cc(OC)c1. The Balaban J connectivity index is 2.10. The fourth-order valence-corrected chi connectivity index (χ4v) is 2.50. The van der Waals surface area contributed by atoms with Gasteiger partial charge in [-0.05, 0) is 25.3 Å². The van der Waals surface area contributed by atoms with Crippen LogP contribution in [0.25, 0.3) is 0 Å². The number of piperidine rings is 1. The number of hydrogen-bond donors (Lipinski definition) is 2. The molecule has 5 nitrogen and oxygen atoms in total. The molecule has 5 heteroatoms. The van der Waals surface area contributed by atoms with Crippen LogP contribution >= 0.6 is 0 Å². The second-order valence-corrected chi connectivity index (χ2v) is 5.14. The zero-order valence-electron chi connectivity index (χ0n) is 12.2. The van der Waals surface area contributed by atoms with E-state index in [1.807, 2.05) is 0 Å². The summed E-state index contributed by atoms with van der Waals surface area (Å²) < 4.78 is 10.4. The van der Waals surface area contributed by atoms with Gasteiger partial charge in [0.1, 0.15) is 11.5 Å². The second-order valence-electron chi connectivity index (χ2n) is 5.14. The number of hydrogen-bond acceptors (Lipinski definition) is 4. The normalized spacial score (nSPS) is 22.1. The predicted molar refractivity (Wildman–Crippen MR) is 78.4 cm³/mol. The first kappa shape index (κ1) is 14.7. The van der Waals surface area contributed by atoms with Crippen LogP contribution in [0.1, 0.15) is 19.8 Å². The average Bonchev–Trinajstić information content (AvgIpc) is 2.47. The molecule has 1 amide bonds. The first-order valence-electron chi connectivity index (χ1n) is 6.91. The third-order valence-electron chi connectivity index (χ3n) is 3.67. The maximum atomic E-state index is 12.3. The van der Waals surface area contributed by atoms with Gasteiger partial charge in [0, 0.05) is 23.9 Å². The number of methoxy groups -OCH3 is 2. The Morgan fingerprint density at radius 2 is 1.90 bits per heavy atom. The lowest BCUT2D eigenvalue weighted by atomic mass is 9.92. The first-order valence-corrected chi connectivity index (χ1v) is 6.91. The third-order valence-corrected chi connectivity index (χ3v) is 3.67. The largest absolute Gasteiger partial charge is 0.497 e. The van der Waals surface area contributed by atoms with Gasteiger partial charge < -0.3 is 20.1 Å². The molecule has 1 aromatic rings. The third kappa shape index (κ3) is 3.42. The molecular formula is C15H22N2O3.